The number of hydrogen-bond acceptors (Lipinski definition) is 4. The van der Waals surface area contributed by atoms with Crippen molar-refractivity contribution in [2.45, 2.75) is 12.5 Å². The van der Waals surface area contributed by atoms with Crippen LogP contribution in [0.3, 0.4) is 0 Å². The molecule has 0 aliphatic heterocycles. The topological polar surface area (TPSA) is 39.7 Å². The van der Waals surface area contributed by atoms with Gasteiger partial charge in [0, 0.05) is 13.2 Å². The molecule has 0 radical (unpaired) electrons. The van der Waals surface area contributed by atoms with Crippen molar-refractivity contribution in [3.05, 3.63) is 29.8 Å². The van der Waals surface area contributed by atoms with Crippen LogP contribution in [0.2, 0.25) is 0 Å². The molecule has 0 spiro atoms. The second-order valence-corrected chi connectivity index (χ2v) is 4.07. The molecule has 0 bridgehead atoms. The van der Waals surface area contributed by atoms with Gasteiger partial charge in [-0.2, -0.15) is 0 Å². The monoisotopic (exact) mass is 253 g/mol. The van der Waals surface area contributed by atoms with Gasteiger partial charge in [-0.3, -0.25) is 0 Å². The van der Waals surface area contributed by atoms with Crippen LogP contribution in [0.4, 0.5) is 0 Å². The number of benzene rings is 1. The maximum Gasteiger partial charge on any atom is 0.122 e. The normalized spacial score (nSPS) is 12.4. The summed E-state index contributed by atoms with van der Waals surface area (Å²) < 4.78 is 15.8. The van der Waals surface area contributed by atoms with Gasteiger partial charge in [-0.05, 0) is 25.1 Å². The predicted octanol–water partition coefficient (Wildman–Crippen LogP) is 1.49. The SMILES string of the molecule is CNC(COCCOC)Cc1ccccc1OC. The Morgan fingerprint density at radius 2 is 1.94 bits per heavy atom. The maximum absolute atomic E-state index is 5.54. The van der Waals surface area contributed by atoms with E-state index in [0.29, 0.717) is 19.8 Å². The van der Waals surface area contributed by atoms with E-state index in [0.717, 1.165) is 12.2 Å². The number of likely N-dealkylation sites (N-methyl/N-ethyl adjacent to an activating group) is 1. The van der Waals surface area contributed by atoms with Gasteiger partial charge >= 0.3 is 0 Å². The van der Waals surface area contributed by atoms with Gasteiger partial charge in [-0.25, -0.2) is 0 Å². The zero-order valence-electron chi connectivity index (χ0n) is 11.4. The molecule has 0 fully saturated rings. The van der Waals surface area contributed by atoms with Crippen LogP contribution in [0, 0.1) is 0 Å². The molecular weight excluding hydrogens is 230 g/mol. The van der Waals surface area contributed by atoms with E-state index in [1.807, 2.05) is 25.2 Å². The quantitative estimate of drug-likeness (QED) is 0.677. The highest BCUT2D eigenvalue weighted by Gasteiger charge is 2.10. The molecule has 1 atom stereocenters. The molecule has 4 heteroatoms. The lowest BCUT2D eigenvalue weighted by Gasteiger charge is -2.18. The number of rotatable bonds is 9. The van der Waals surface area contributed by atoms with Crippen molar-refractivity contribution in [3.8, 4) is 5.75 Å². The zero-order valence-corrected chi connectivity index (χ0v) is 11.4. The molecule has 1 aromatic carbocycles. The fourth-order valence-electron chi connectivity index (χ4n) is 1.75. The Bertz CT molecular complexity index is 331. The molecule has 0 heterocycles. The molecule has 0 aliphatic rings. The Kier molecular flexibility index (Phi) is 7.41. The first kappa shape index (κ1) is 15.0. The van der Waals surface area contributed by atoms with Crippen LogP contribution < -0.4 is 10.1 Å². The van der Waals surface area contributed by atoms with E-state index >= 15 is 0 Å². The molecule has 102 valence electrons. The lowest BCUT2D eigenvalue weighted by Crippen LogP contribution is -2.33. The summed E-state index contributed by atoms with van der Waals surface area (Å²) in [5.41, 5.74) is 1.19. The third kappa shape index (κ3) is 5.04. The van der Waals surface area contributed by atoms with Gasteiger partial charge in [-0.15, -0.1) is 0 Å². The van der Waals surface area contributed by atoms with E-state index in [1.54, 1.807) is 14.2 Å². The van der Waals surface area contributed by atoms with Crippen molar-refractivity contribution >= 4 is 0 Å². The molecule has 4 nitrogen and oxygen atoms in total. The smallest absolute Gasteiger partial charge is 0.122 e. The Hall–Kier alpha value is -1.10. The summed E-state index contributed by atoms with van der Waals surface area (Å²) in [6.45, 7) is 1.92. The average Bonchev–Trinajstić information content (AvgIpc) is 2.42. The number of hydrogen-bond donors (Lipinski definition) is 1. The molecule has 0 saturated heterocycles. The molecule has 18 heavy (non-hydrogen) atoms. The highest BCUT2D eigenvalue weighted by Crippen LogP contribution is 2.18. The van der Waals surface area contributed by atoms with Gasteiger partial charge < -0.3 is 19.5 Å². The number of ether oxygens (including phenoxy) is 3. The summed E-state index contributed by atoms with van der Waals surface area (Å²) in [5.74, 6) is 0.926. The Labute approximate surface area is 109 Å². The summed E-state index contributed by atoms with van der Waals surface area (Å²) >= 11 is 0. The van der Waals surface area contributed by atoms with E-state index in [-0.39, 0.29) is 6.04 Å². The molecule has 0 amide bonds. The Balaban J connectivity index is 2.46. The molecule has 1 aromatic rings. The van der Waals surface area contributed by atoms with Crippen LogP contribution in [-0.2, 0) is 15.9 Å². The van der Waals surface area contributed by atoms with Crippen molar-refractivity contribution in [2.75, 3.05) is 41.1 Å². The summed E-state index contributed by atoms with van der Waals surface area (Å²) in [6.07, 6.45) is 0.882. The molecule has 0 aliphatic carbocycles. The third-order valence-electron chi connectivity index (χ3n) is 2.82. The average molecular weight is 253 g/mol. The van der Waals surface area contributed by atoms with E-state index in [1.165, 1.54) is 5.56 Å². The fraction of sp³-hybridized carbons (Fsp3) is 0.571. The van der Waals surface area contributed by atoms with Crippen molar-refractivity contribution in [3.63, 3.8) is 0 Å². The van der Waals surface area contributed by atoms with Crippen LogP contribution in [0.15, 0.2) is 24.3 Å². The van der Waals surface area contributed by atoms with Gasteiger partial charge in [0.05, 0.1) is 26.9 Å². The summed E-state index contributed by atoms with van der Waals surface area (Å²) in [5, 5.41) is 3.26. The van der Waals surface area contributed by atoms with Crippen LogP contribution >= 0.6 is 0 Å². The molecule has 1 unspecified atom stereocenters. The summed E-state index contributed by atoms with van der Waals surface area (Å²) in [7, 11) is 5.32. The van der Waals surface area contributed by atoms with Gasteiger partial charge in [-0.1, -0.05) is 18.2 Å². The molecular formula is C14H23NO3. The predicted molar refractivity (Wildman–Crippen MR) is 72.2 cm³/mol. The number of nitrogens with one attached hydrogen (secondary N) is 1. The van der Waals surface area contributed by atoms with Crippen molar-refractivity contribution in [1.82, 2.24) is 5.32 Å². The van der Waals surface area contributed by atoms with Gasteiger partial charge in [0.25, 0.3) is 0 Å². The summed E-state index contributed by atoms with van der Waals surface area (Å²) in [4.78, 5) is 0. The van der Waals surface area contributed by atoms with Crippen LogP contribution in [0.1, 0.15) is 5.56 Å². The fourth-order valence-corrected chi connectivity index (χ4v) is 1.75. The third-order valence-corrected chi connectivity index (χ3v) is 2.82. The first-order chi connectivity index (χ1) is 8.81. The van der Waals surface area contributed by atoms with Gasteiger partial charge in [0.1, 0.15) is 5.75 Å². The van der Waals surface area contributed by atoms with Gasteiger partial charge in [0.2, 0.25) is 0 Å². The van der Waals surface area contributed by atoms with Crippen molar-refractivity contribution in [1.29, 1.82) is 0 Å². The second kappa shape index (κ2) is 8.91. The Morgan fingerprint density at radius 1 is 1.17 bits per heavy atom. The van der Waals surface area contributed by atoms with Crippen molar-refractivity contribution < 1.29 is 14.2 Å². The largest absolute Gasteiger partial charge is 0.496 e. The molecule has 0 aromatic heterocycles. The number of para-hydroxylation sites is 1. The molecule has 0 saturated carbocycles. The first-order valence-electron chi connectivity index (χ1n) is 6.17. The second-order valence-electron chi connectivity index (χ2n) is 4.07. The van der Waals surface area contributed by atoms with E-state index in [4.69, 9.17) is 14.2 Å². The lowest BCUT2D eigenvalue weighted by molar-refractivity contribution is 0.0597. The highest BCUT2D eigenvalue weighted by atomic mass is 16.5. The zero-order chi connectivity index (χ0) is 13.2. The van der Waals surface area contributed by atoms with Crippen LogP contribution in [0.25, 0.3) is 0 Å². The minimum atomic E-state index is 0.276. The highest BCUT2D eigenvalue weighted by molar-refractivity contribution is 5.33. The van der Waals surface area contributed by atoms with Crippen LogP contribution in [-0.4, -0.2) is 47.1 Å². The van der Waals surface area contributed by atoms with E-state index in [2.05, 4.69) is 11.4 Å². The lowest BCUT2D eigenvalue weighted by atomic mass is 10.1. The van der Waals surface area contributed by atoms with Crippen LogP contribution in [0.5, 0.6) is 5.75 Å². The minimum absolute atomic E-state index is 0.276. The molecule has 1 N–H and O–H groups in total. The van der Waals surface area contributed by atoms with Crippen molar-refractivity contribution in [2.24, 2.45) is 0 Å². The molecule has 1 rings (SSSR count). The summed E-state index contributed by atoms with van der Waals surface area (Å²) in [6, 6.07) is 8.34. The standard InChI is InChI=1S/C14H23NO3/c1-15-13(11-18-9-8-16-2)10-12-6-4-5-7-14(12)17-3/h4-7,13,15H,8-11H2,1-3H3. The first-order valence-corrected chi connectivity index (χ1v) is 6.17. The van der Waals surface area contributed by atoms with E-state index in [9.17, 15) is 0 Å². The van der Waals surface area contributed by atoms with Gasteiger partial charge in [0.15, 0.2) is 0 Å². The minimum Gasteiger partial charge on any atom is -0.496 e. The number of methoxy groups -OCH3 is 2. The van der Waals surface area contributed by atoms with E-state index < -0.39 is 0 Å². The maximum atomic E-state index is 5.54. The Morgan fingerprint density at radius 3 is 2.61 bits per heavy atom.